The first-order chi connectivity index (χ1) is 13.2. The molecule has 0 aliphatic rings. The van der Waals surface area contributed by atoms with Crippen LogP contribution in [0.15, 0.2) is 71.9 Å². The maximum absolute atomic E-state index is 12.4. The highest BCUT2D eigenvalue weighted by atomic mass is 16.5. The minimum Gasteiger partial charge on any atom is -0.488 e. The van der Waals surface area contributed by atoms with Crippen molar-refractivity contribution in [1.29, 1.82) is 0 Å². The standard InChI is InChI=1S/C21H20N2O4/c1-2-18(27-21(25)17-12-22-14-23-20(17)24)16-10-6-7-11-19(16)26-13-15-8-4-3-5-9-15/h3-12,14,18H,2,13H2,1H3,(H,22,23,24). The third-order valence-electron chi connectivity index (χ3n) is 4.06. The van der Waals surface area contributed by atoms with Gasteiger partial charge >= 0.3 is 5.97 Å². The van der Waals surface area contributed by atoms with Crippen LogP contribution in [0.1, 0.15) is 40.9 Å². The third kappa shape index (κ3) is 4.61. The van der Waals surface area contributed by atoms with Gasteiger partial charge in [0.25, 0.3) is 5.56 Å². The van der Waals surface area contributed by atoms with Crippen LogP contribution in [-0.2, 0) is 11.3 Å². The molecule has 3 rings (SSSR count). The second kappa shape index (κ2) is 8.80. The van der Waals surface area contributed by atoms with Gasteiger partial charge in [-0.05, 0) is 18.1 Å². The number of aromatic nitrogens is 2. The number of carbonyl (C=O) groups is 1. The summed E-state index contributed by atoms with van der Waals surface area (Å²) in [5.41, 5.74) is 1.14. The van der Waals surface area contributed by atoms with Crippen molar-refractivity contribution in [2.24, 2.45) is 0 Å². The first-order valence-corrected chi connectivity index (χ1v) is 8.68. The largest absolute Gasteiger partial charge is 0.488 e. The summed E-state index contributed by atoms with van der Waals surface area (Å²) in [6.45, 7) is 2.31. The minimum atomic E-state index is -0.714. The highest BCUT2D eigenvalue weighted by Crippen LogP contribution is 2.31. The summed E-state index contributed by atoms with van der Waals surface area (Å²) in [7, 11) is 0. The molecule has 1 N–H and O–H groups in total. The Morgan fingerprint density at radius 2 is 1.85 bits per heavy atom. The predicted molar refractivity (Wildman–Crippen MR) is 101 cm³/mol. The zero-order valence-electron chi connectivity index (χ0n) is 14.9. The molecule has 0 aliphatic heterocycles. The summed E-state index contributed by atoms with van der Waals surface area (Å²) in [5, 5.41) is 0. The molecule has 138 valence electrons. The Morgan fingerprint density at radius 3 is 2.59 bits per heavy atom. The average Bonchev–Trinajstić information content (AvgIpc) is 2.72. The fraction of sp³-hybridized carbons (Fsp3) is 0.190. The Bertz CT molecular complexity index is 953. The van der Waals surface area contributed by atoms with E-state index in [-0.39, 0.29) is 5.56 Å². The van der Waals surface area contributed by atoms with Crippen LogP contribution in [-0.4, -0.2) is 15.9 Å². The molecule has 0 bridgehead atoms. The van der Waals surface area contributed by atoms with Crippen molar-refractivity contribution >= 4 is 5.97 Å². The SMILES string of the molecule is CCC(OC(=O)c1cnc[nH]c1=O)c1ccccc1OCc1ccccc1. The number of nitrogens with one attached hydrogen (secondary N) is 1. The summed E-state index contributed by atoms with van der Waals surface area (Å²) in [5.74, 6) is -0.0739. The molecule has 27 heavy (non-hydrogen) atoms. The molecule has 1 unspecified atom stereocenters. The highest BCUT2D eigenvalue weighted by Gasteiger charge is 2.21. The number of benzene rings is 2. The topological polar surface area (TPSA) is 81.3 Å². The van der Waals surface area contributed by atoms with Crippen molar-refractivity contribution in [2.45, 2.75) is 26.1 Å². The van der Waals surface area contributed by atoms with Crippen LogP contribution in [0.4, 0.5) is 0 Å². The van der Waals surface area contributed by atoms with Crippen LogP contribution in [0, 0.1) is 0 Å². The van der Waals surface area contributed by atoms with E-state index in [1.807, 2.05) is 61.5 Å². The van der Waals surface area contributed by atoms with Gasteiger partial charge in [-0.2, -0.15) is 0 Å². The van der Waals surface area contributed by atoms with Crippen LogP contribution in [0.5, 0.6) is 5.75 Å². The van der Waals surface area contributed by atoms with Crippen LogP contribution < -0.4 is 10.3 Å². The Morgan fingerprint density at radius 1 is 1.11 bits per heavy atom. The second-order valence-corrected chi connectivity index (χ2v) is 5.91. The number of ether oxygens (including phenoxy) is 2. The third-order valence-corrected chi connectivity index (χ3v) is 4.06. The Labute approximate surface area is 156 Å². The van der Waals surface area contributed by atoms with Crippen molar-refractivity contribution in [3.05, 3.63) is 94.2 Å². The molecule has 0 aliphatic carbocycles. The maximum Gasteiger partial charge on any atom is 0.345 e. The number of H-pyrrole nitrogens is 1. The molecular weight excluding hydrogens is 344 g/mol. The van der Waals surface area contributed by atoms with Crippen molar-refractivity contribution < 1.29 is 14.3 Å². The van der Waals surface area contributed by atoms with E-state index in [1.54, 1.807) is 0 Å². The molecular formula is C21H20N2O4. The Balaban J connectivity index is 1.78. The van der Waals surface area contributed by atoms with Crippen molar-refractivity contribution in [3.8, 4) is 5.75 Å². The second-order valence-electron chi connectivity index (χ2n) is 5.91. The van der Waals surface area contributed by atoms with Crippen LogP contribution in [0.2, 0.25) is 0 Å². The highest BCUT2D eigenvalue weighted by molar-refractivity contribution is 5.88. The molecule has 3 aromatic rings. The van der Waals surface area contributed by atoms with Gasteiger partial charge < -0.3 is 14.5 Å². The number of hydrogen-bond donors (Lipinski definition) is 1. The number of hydrogen-bond acceptors (Lipinski definition) is 5. The minimum absolute atomic E-state index is 0.126. The van der Waals surface area contributed by atoms with E-state index >= 15 is 0 Å². The van der Waals surface area contributed by atoms with Gasteiger partial charge in [-0.25, -0.2) is 9.78 Å². The molecule has 0 radical (unpaired) electrons. The lowest BCUT2D eigenvalue weighted by Crippen LogP contribution is -2.21. The first kappa shape index (κ1) is 18.4. The van der Waals surface area contributed by atoms with E-state index < -0.39 is 17.6 Å². The number of rotatable bonds is 7. The van der Waals surface area contributed by atoms with E-state index in [0.29, 0.717) is 18.8 Å². The number of para-hydroxylation sites is 1. The van der Waals surface area contributed by atoms with Gasteiger partial charge in [-0.3, -0.25) is 4.79 Å². The molecule has 0 saturated heterocycles. The molecule has 1 aromatic heterocycles. The lowest BCUT2D eigenvalue weighted by molar-refractivity contribution is 0.0278. The fourth-order valence-electron chi connectivity index (χ4n) is 2.66. The van der Waals surface area contributed by atoms with Gasteiger partial charge in [0, 0.05) is 11.8 Å². The van der Waals surface area contributed by atoms with Gasteiger partial charge in [-0.1, -0.05) is 55.5 Å². The van der Waals surface area contributed by atoms with E-state index in [2.05, 4.69) is 9.97 Å². The number of esters is 1. The maximum atomic E-state index is 12.4. The van der Waals surface area contributed by atoms with Gasteiger partial charge in [0.1, 0.15) is 24.0 Å². The molecule has 0 amide bonds. The lowest BCUT2D eigenvalue weighted by Gasteiger charge is -2.20. The summed E-state index contributed by atoms with van der Waals surface area (Å²) < 4.78 is 11.5. The van der Waals surface area contributed by atoms with Crippen molar-refractivity contribution in [1.82, 2.24) is 9.97 Å². The van der Waals surface area contributed by atoms with E-state index in [1.165, 1.54) is 12.5 Å². The van der Waals surface area contributed by atoms with Gasteiger partial charge in [0.15, 0.2) is 0 Å². The zero-order chi connectivity index (χ0) is 19.1. The van der Waals surface area contributed by atoms with Crippen LogP contribution >= 0.6 is 0 Å². The predicted octanol–water partition coefficient (Wildman–Crippen LogP) is 3.66. The zero-order valence-corrected chi connectivity index (χ0v) is 14.9. The molecule has 0 spiro atoms. The fourth-order valence-corrected chi connectivity index (χ4v) is 2.66. The quantitative estimate of drug-likeness (QED) is 0.647. The van der Waals surface area contributed by atoms with Gasteiger partial charge in [0.05, 0.1) is 6.33 Å². The molecule has 6 heteroatoms. The molecule has 1 heterocycles. The van der Waals surface area contributed by atoms with Crippen molar-refractivity contribution in [2.75, 3.05) is 0 Å². The van der Waals surface area contributed by atoms with Crippen LogP contribution in [0.3, 0.4) is 0 Å². The average molecular weight is 364 g/mol. The van der Waals surface area contributed by atoms with Crippen LogP contribution in [0.25, 0.3) is 0 Å². The lowest BCUT2D eigenvalue weighted by atomic mass is 10.1. The first-order valence-electron chi connectivity index (χ1n) is 8.68. The number of aromatic amines is 1. The summed E-state index contributed by atoms with van der Waals surface area (Å²) in [6.07, 6.45) is 2.42. The van der Waals surface area contributed by atoms with Gasteiger partial charge in [-0.15, -0.1) is 0 Å². The summed E-state index contributed by atoms with van der Waals surface area (Å²) in [4.78, 5) is 30.3. The monoisotopic (exact) mass is 364 g/mol. The molecule has 0 fully saturated rings. The molecule has 6 nitrogen and oxygen atoms in total. The smallest absolute Gasteiger partial charge is 0.345 e. The van der Waals surface area contributed by atoms with Gasteiger partial charge in [0.2, 0.25) is 0 Å². The van der Waals surface area contributed by atoms with Crippen molar-refractivity contribution in [3.63, 3.8) is 0 Å². The number of nitrogens with zero attached hydrogens (tertiary/aromatic N) is 1. The van der Waals surface area contributed by atoms with E-state index in [4.69, 9.17) is 9.47 Å². The van der Waals surface area contributed by atoms with E-state index in [9.17, 15) is 9.59 Å². The van der Waals surface area contributed by atoms with E-state index in [0.717, 1.165) is 11.1 Å². The number of carbonyl (C=O) groups excluding carboxylic acids is 1. The normalized spacial score (nSPS) is 11.6. The summed E-state index contributed by atoms with van der Waals surface area (Å²) in [6, 6.07) is 17.2. The molecule has 1 atom stereocenters. The molecule has 2 aromatic carbocycles. The molecule has 0 saturated carbocycles. The summed E-state index contributed by atoms with van der Waals surface area (Å²) >= 11 is 0. The Kier molecular flexibility index (Phi) is 5.99. The Hall–Kier alpha value is -3.41.